The van der Waals surface area contributed by atoms with E-state index in [2.05, 4.69) is 17.1 Å². The van der Waals surface area contributed by atoms with Gasteiger partial charge in [0.1, 0.15) is 4.90 Å². The first-order chi connectivity index (χ1) is 10.4. The van der Waals surface area contributed by atoms with Gasteiger partial charge in [0.25, 0.3) is 0 Å². The molecule has 0 unspecified atom stereocenters. The monoisotopic (exact) mass is 322 g/mol. The lowest BCUT2D eigenvalue weighted by Gasteiger charge is -2.16. The molecule has 7 heteroatoms. The van der Waals surface area contributed by atoms with Gasteiger partial charge in [0, 0.05) is 13.1 Å². The highest BCUT2D eigenvalue weighted by Crippen LogP contribution is 2.23. The summed E-state index contributed by atoms with van der Waals surface area (Å²) in [5, 5.41) is 17.3. The minimum Gasteiger partial charge on any atom is -0.384 e. The molecule has 1 aromatic carbocycles. The highest BCUT2D eigenvalue weighted by Gasteiger charge is 2.22. The number of rotatable bonds is 6. The molecule has 1 atom stereocenters. The number of nitrogens with two attached hydrogens (primary N) is 1. The van der Waals surface area contributed by atoms with E-state index in [0.29, 0.717) is 18.2 Å². The van der Waals surface area contributed by atoms with Crippen molar-refractivity contribution in [2.24, 2.45) is 11.1 Å². The average Bonchev–Trinajstić information content (AvgIpc) is 2.92. The molecule has 0 aromatic heterocycles. The van der Waals surface area contributed by atoms with Crippen LogP contribution in [0.2, 0.25) is 0 Å². The van der Waals surface area contributed by atoms with Crippen molar-refractivity contribution >= 4 is 15.7 Å². The molecule has 22 heavy (non-hydrogen) atoms. The molecule has 1 aliphatic rings. The third kappa shape index (κ3) is 4.19. The Labute approximate surface area is 132 Å². The fraction of sp³-hybridized carbons (Fsp3) is 0.533. The van der Waals surface area contributed by atoms with E-state index < -0.39 is 10.0 Å². The lowest BCUT2D eigenvalue weighted by molar-refractivity contribution is 0.327. The van der Waals surface area contributed by atoms with Gasteiger partial charge in [-0.3, -0.25) is 0 Å². The summed E-state index contributed by atoms with van der Waals surface area (Å²) in [5.41, 5.74) is 0.750. The molecule has 0 saturated carbocycles. The molecule has 0 spiro atoms. The van der Waals surface area contributed by atoms with Crippen LogP contribution in [-0.2, 0) is 10.0 Å². The number of sulfonamides is 1. The first kappa shape index (κ1) is 16.7. The molecular formula is C15H22N4O2S. The van der Waals surface area contributed by atoms with Gasteiger partial charge in [-0.15, -0.1) is 0 Å². The summed E-state index contributed by atoms with van der Waals surface area (Å²) in [4.78, 5) is 2.40. The van der Waals surface area contributed by atoms with Crippen molar-refractivity contribution in [1.29, 1.82) is 5.26 Å². The van der Waals surface area contributed by atoms with Crippen LogP contribution < -0.4 is 10.5 Å². The van der Waals surface area contributed by atoms with Crippen LogP contribution in [-0.4, -0.2) is 39.5 Å². The molecule has 3 N–H and O–H groups in total. The van der Waals surface area contributed by atoms with Gasteiger partial charge in [-0.25, -0.2) is 13.6 Å². The van der Waals surface area contributed by atoms with Crippen LogP contribution in [0.3, 0.4) is 0 Å². The van der Waals surface area contributed by atoms with E-state index in [9.17, 15) is 8.42 Å². The van der Waals surface area contributed by atoms with Crippen LogP contribution in [0.15, 0.2) is 23.1 Å². The van der Waals surface area contributed by atoms with Gasteiger partial charge < -0.3 is 10.2 Å². The number of likely N-dealkylation sites (tertiary alicyclic amines) is 1. The molecule has 6 nitrogen and oxygen atoms in total. The Bertz CT molecular complexity index is 667. The molecule has 2 rings (SSSR count). The van der Waals surface area contributed by atoms with E-state index in [1.807, 2.05) is 6.07 Å². The quantitative estimate of drug-likeness (QED) is 0.823. The Hall–Kier alpha value is -1.62. The molecule has 0 aliphatic carbocycles. The zero-order valence-electron chi connectivity index (χ0n) is 12.7. The highest BCUT2D eigenvalue weighted by atomic mass is 32.2. The van der Waals surface area contributed by atoms with Crippen LogP contribution in [0.1, 0.15) is 25.3 Å². The lowest BCUT2D eigenvalue weighted by Crippen LogP contribution is -2.24. The first-order valence-corrected chi connectivity index (χ1v) is 9.02. The number of benzene rings is 1. The molecular weight excluding hydrogens is 300 g/mol. The van der Waals surface area contributed by atoms with E-state index in [1.165, 1.54) is 6.07 Å². The number of nitriles is 1. The number of primary sulfonamides is 1. The van der Waals surface area contributed by atoms with Crippen LogP contribution in [0.4, 0.5) is 5.69 Å². The minimum atomic E-state index is -3.86. The normalized spacial score (nSPS) is 19.0. The van der Waals surface area contributed by atoms with E-state index in [0.717, 1.165) is 32.5 Å². The summed E-state index contributed by atoms with van der Waals surface area (Å²) in [5.74, 6) is 0.496. The molecule has 1 aliphatic heterocycles. The number of hydrogen-bond donors (Lipinski definition) is 2. The molecule has 120 valence electrons. The second-order valence-electron chi connectivity index (χ2n) is 5.70. The largest absolute Gasteiger partial charge is 0.384 e. The van der Waals surface area contributed by atoms with Crippen molar-refractivity contribution in [3.05, 3.63) is 23.8 Å². The van der Waals surface area contributed by atoms with Crippen LogP contribution in [0.5, 0.6) is 0 Å². The van der Waals surface area contributed by atoms with Gasteiger partial charge in [-0.05, 0) is 50.0 Å². The summed E-state index contributed by atoms with van der Waals surface area (Å²) < 4.78 is 23.4. The van der Waals surface area contributed by atoms with Crippen molar-refractivity contribution in [2.75, 3.05) is 31.5 Å². The second kappa shape index (κ2) is 7.09. The molecule has 1 heterocycles. The van der Waals surface area contributed by atoms with Crippen molar-refractivity contribution < 1.29 is 8.42 Å². The summed E-state index contributed by atoms with van der Waals surface area (Å²) in [6, 6.07) is 6.44. The Morgan fingerprint density at radius 3 is 2.91 bits per heavy atom. The van der Waals surface area contributed by atoms with Gasteiger partial charge in [-0.2, -0.15) is 5.26 Å². The highest BCUT2D eigenvalue weighted by molar-refractivity contribution is 7.89. The molecule has 0 amide bonds. The molecule has 1 fully saturated rings. The van der Waals surface area contributed by atoms with Gasteiger partial charge in [-0.1, -0.05) is 6.92 Å². The Kier molecular flexibility index (Phi) is 5.40. The van der Waals surface area contributed by atoms with Crippen LogP contribution in [0.25, 0.3) is 0 Å². The van der Waals surface area contributed by atoms with Crippen molar-refractivity contribution in [3.63, 3.8) is 0 Å². The van der Waals surface area contributed by atoms with Gasteiger partial charge in [0.15, 0.2) is 0 Å². The van der Waals surface area contributed by atoms with Crippen LogP contribution >= 0.6 is 0 Å². The second-order valence-corrected chi connectivity index (χ2v) is 7.23. The fourth-order valence-electron chi connectivity index (χ4n) is 2.83. The van der Waals surface area contributed by atoms with Gasteiger partial charge >= 0.3 is 0 Å². The third-order valence-corrected chi connectivity index (χ3v) is 4.86. The lowest BCUT2D eigenvalue weighted by atomic mass is 10.1. The standard InChI is InChI=1S/C15H22N4O2S/c1-2-6-19-7-5-13(11-19)10-18-14-4-3-12(9-16)8-15(14)22(17,20)21/h3-4,8,13,18H,2,5-7,10-11H2,1H3,(H2,17,20,21)/t13-/m0/s1. The average molecular weight is 322 g/mol. The van der Waals surface area contributed by atoms with Crippen molar-refractivity contribution in [3.8, 4) is 6.07 Å². The number of anilines is 1. The predicted molar refractivity (Wildman–Crippen MR) is 85.9 cm³/mol. The smallest absolute Gasteiger partial charge is 0.240 e. The predicted octanol–water partition coefficient (Wildman–Crippen LogP) is 1.35. The summed E-state index contributed by atoms with van der Waals surface area (Å²) >= 11 is 0. The Morgan fingerprint density at radius 2 is 2.27 bits per heavy atom. The van der Waals surface area contributed by atoms with Gasteiger partial charge in [0.2, 0.25) is 10.0 Å². The minimum absolute atomic E-state index is 0.0186. The topological polar surface area (TPSA) is 99.2 Å². The van der Waals surface area contributed by atoms with E-state index >= 15 is 0 Å². The fourth-order valence-corrected chi connectivity index (χ4v) is 3.56. The zero-order chi connectivity index (χ0) is 16.2. The number of hydrogen-bond acceptors (Lipinski definition) is 5. The molecule has 1 aromatic rings. The maximum atomic E-state index is 11.7. The maximum Gasteiger partial charge on any atom is 0.240 e. The zero-order valence-corrected chi connectivity index (χ0v) is 13.6. The molecule has 0 bridgehead atoms. The van der Waals surface area contributed by atoms with E-state index in [4.69, 9.17) is 10.4 Å². The summed E-state index contributed by atoms with van der Waals surface area (Å²) in [7, 11) is -3.86. The SMILES string of the molecule is CCCN1CC[C@@H](CNc2ccc(C#N)cc2S(N)(=O)=O)C1. The van der Waals surface area contributed by atoms with E-state index in [-0.39, 0.29) is 10.5 Å². The third-order valence-electron chi connectivity index (χ3n) is 3.91. The molecule has 0 radical (unpaired) electrons. The number of nitrogens with one attached hydrogen (secondary N) is 1. The first-order valence-electron chi connectivity index (χ1n) is 7.47. The maximum absolute atomic E-state index is 11.7. The number of nitrogens with zero attached hydrogens (tertiary/aromatic N) is 2. The summed E-state index contributed by atoms with van der Waals surface area (Å²) in [6.45, 7) is 6.10. The summed E-state index contributed by atoms with van der Waals surface area (Å²) in [6.07, 6.45) is 2.25. The van der Waals surface area contributed by atoms with Gasteiger partial charge in [0.05, 0.1) is 17.3 Å². The van der Waals surface area contributed by atoms with Crippen molar-refractivity contribution in [2.45, 2.75) is 24.7 Å². The Morgan fingerprint density at radius 1 is 1.50 bits per heavy atom. The Balaban J connectivity index is 2.06. The van der Waals surface area contributed by atoms with E-state index in [1.54, 1.807) is 12.1 Å². The van der Waals surface area contributed by atoms with Crippen molar-refractivity contribution in [1.82, 2.24) is 4.90 Å². The van der Waals surface area contributed by atoms with Crippen LogP contribution in [0, 0.1) is 17.2 Å². The molecule has 1 saturated heterocycles.